The molecule has 7 nitrogen and oxygen atoms in total. The van der Waals surface area contributed by atoms with Crippen molar-refractivity contribution in [2.24, 2.45) is 11.7 Å². The van der Waals surface area contributed by atoms with Gasteiger partial charge in [-0.2, -0.15) is 5.10 Å². The third-order valence-corrected chi connectivity index (χ3v) is 6.88. The summed E-state index contributed by atoms with van der Waals surface area (Å²) >= 11 is 6.32. The summed E-state index contributed by atoms with van der Waals surface area (Å²) in [5.74, 6) is 0.876. The highest BCUT2D eigenvalue weighted by Gasteiger charge is 2.33. The molecular formula is C30H37ClN6O. The SMILES string of the molecule is CCn1nc(C)cc1C(=O)N(CCCN)[C@@H](c1nc(-c2cccc(Cl)c2)cn1Cc1ccccc1)C(C)C. The first-order valence-corrected chi connectivity index (χ1v) is 13.6. The highest BCUT2D eigenvalue weighted by Crippen LogP contribution is 2.33. The van der Waals surface area contributed by atoms with Gasteiger partial charge in [0.2, 0.25) is 0 Å². The molecule has 0 unspecified atom stereocenters. The van der Waals surface area contributed by atoms with Crippen LogP contribution in [0.2, 0.25) is 5.02 Å². The smallest absolute Gasteiger partial charge is 0.272 e. The van der Waals surface area contributed by atoms with E-state index in [0.717, 1.165) is 28.3 Å². The standard InChI is InChI=1S/C30H37ClN6O/c1-5-37-27(17-22(4)34-37)30(38)36(16-10-15-32)28(21(2)3)29-33-26(24-13-9-14-25(31)18-24)20-35(29)19-23-11-7-6-8-12-23/h6-9,11-14,17-18,20-21,28H,5,10,15-16,19,32H2,1-4H3/t28-/m1/s1. The van der Waals surface area contributed by atoms with E-state index in [9.17, 15) is 4.79 Å². The van der Waals surface area contributed by atoms with Gasteiger partial charge in [0.15, 0.2) is 0 Å². The van der Waals surface area contributed by atoms with Crippen LogP contribution in [-0.4, -0.2) is 43.2 Å². The molecular weight excluding hydrogens is 496 g/mol. The van der Waals surface area contributed by atoms with E-state index in [0.29, 0.717) is 43.3 Å². The zero-order chi connectivity index (χ0) is 27.2. The van der Waals surface area contributed by atoms with Crippen molar-refractivity contribution in [1.82, 2.24) is 24.2 Å². The van der Waals surface area contributed by atoms with Crippen LogP contribution < -0.4 is 5.73 Å². The molecule has 200 valence electrons. The topological polar surface area (TPSA) is 82.0 Å². The molecule has 38 heavy (non-hydrogen) atoms. The average Bonchev–Trinajstić information content (AvgIpc) is 3.49. The van der Waals surface area contributed by atoms with Crippen molar-refractivity contribution in [1.29, 1.82) is 0 Å². The van der Waals surface area contributed by atoms with E-state index in [1.54, 1.807) is 4.68 Å². The van der Waals surface area contributed by atoms with Gasteiger partial charge in [-0.3, -0.25) is 9.48 Å². The Morgan fingerprint density at radius 3 is 2.53 bits per heavy atom. The molecule has 4 rings (SSSR count). The molecule has 0 spiro atoms. The first-order valence-electron chi connectivity index (χ1n) is 13.2. The summed E-state index contributed by atoms with van der Waals surface area (Å²) in [6, 6.07) is 19.6. The lowest BCUT2D eigenvalue weighted by Crippen LogP contribution is -2.41. The zero-order valence-electron chi connectivity index (χ0n) is 22.6. The Kier molecular flexibility index (Phi) is 9.02. The molecule has 2 aromatic carbocycles. The molecule has 8 heteroatoms. The van der Waals surface area contributed by atoms with Crippen LogP contribution in [-0.2, 0) is 13.1 Å². The van der Waals surface area contributed by atoms with E-state index in [2.05, 4.69) is 41.8 Å². The number of aromatic nitrogens is 4. The van der Waals surface area contributed by atoms with Crippen LogP contribution >= 0.6 is 11.6 Å². The number of benzene rings is 2. The Balaban J connectivity index is 1.84. The number of rotatable bonds is 11. The van der Waals surface area contributed by atoms with E-state index in [-0.39, 0.29) is 17.9 Å². The van der Waals surface area contributed by atoms with Gasteiger partial charge in [0.05, 0.1) is 17.4 Å². The molecule has 0 saturated carbocycles. The van der Waals surface area contributed by atoms with Gasteiger partial charge in [0, 0.05) is 36.4 Å². The normalized spacial score (nSPS) is 12.2. The Labute approximate surface area is 230 Å². The minimum absolute atomic E-state index is 0.0573. The van der Waals surface area contributed by atoms with Gasteiger partial charge in [-0.15, -0.1) is 0 Å². The highest BCUT2D eigenvalue weighted by atomic mass is 35.5. The summed E-state index contributed by atoms with van der Waals surface area (Å²) in [7, 11) is 0. The molecule has 0 aliphatic heterocycles. The summed E-state index contributed by atoms with van der Waals surface area (Å²) in [5, 5.41) is 5.18. The average molecular weight is 533 g/mol. The van der Waals surface area contributed by atoms with E-state index in [1.807, 2.05) is 67.3 Å². The number of nitrogens with zero attached hydrogens (tertiary/aromatic N) is 5. The number of hydrogen-bond acceptors (Lipinski definition) is 4. The molecule has 1 amide bonds. The van der Waals surface area contributed by atoms with Crippen LogP contribution in [0.1, 0.15) is 60.8 Å². The number of hydrogen-bond donors (Lipinski definition) is 1. The van der Waals surface area contributed by atoms with Gasteiger partial charge in [-0.1, -0.05) is 67.9 Å². The second-order valence-electron chi connectivity index (χ2n) is 9.92. The van der Waals surface area contributed by atoms with E-state index in [1.165, 1.54) is 0 Å². The van der Waals surface area contributed by atoms with Gasteiger partial charge in [0.25, 0.3) is 5.91 Å². The fourth-order valence-corrected chi connectivity index (χ4v) is 5.08. The number of carbonyl (C=O) groups excluding carboxylic acids is 1. The number of amides is 1. The maximum absolute atomic E-state index is 14.1. The van der Waals surface area contributed by atoms with Crippen molar-refractivity contribution >= 4 is 17.5 Å². The monoisotopic (exact) mass is 532 g/mol. The van der Waals surface area contributed by atoms with Crippen molar-refractivity contribution in [2.45, 2.75) is 53.2 Å². The minimum atomic E-state index is -0.272. The molecule has 2 heterocycles. The second-order valence-corrected chi connectivity index (χ2v) is 10.4. The van der Waals surface area contributed by atoms with Crippen LogP contribution in [0.3, 0.4) is 0 Å². The van der Waals surface area contributed by atoms with E-state index < -0.39 is 0 Å². The Hall–Kier alpha value is -3.42. The van der Waals surface area contributed by atoms with Crippen LogP contribution in [0.15, 0.2) is 66.9 Å². The Bertz CT molecular complexity index is 1360. The predicted molar refractivity (Wildman–Crippen MR) is 153 cm³/mol. The fraction of sp³-hybridized carbons (Fsp3) is 0.367. The summed E-state index contributed by atoms with van der Waals surface area (Å²) in [6.45, 7) is 10.5. The van der Waals surface area contributed by atoms with Gasteiger partial charge >= 0.3 is 0 Å². The summed E-state index contributed by atoms with van der Waals surface area (Å²) in [6.07, 6.45) is 2.75. The third-order valence-electron chi connectivity index (χ3n) is 6.64. The number of imidazole rings is 1. The minimum Gasteiger partial charge on any atom is -0.330 e. The number of halogens is 1. The summed E-state index contributed by atoms with van der Waals surface area (Å²) < 4.78 is 3.94. The molecule has 0 aliphatic rings. The molecule has 1 atom stereocenters. The largest absolute Gasteiger partial charge is 0.330 e. The summed E-state index contributed by atoms with van der Waals surface area (Å²) in [4.78, 5) is 21.2. The Morgan fingerprint density at radius 2 is 1.87 bits per heavy atom. The number of carbonyl (C=O) groups is 1. The molecule has 2 N–H and O–H groups in total. The Morgan fingerprint density at radius 1 is 1.11 bits per heavy atom. The van der Waals surface area contributed by atoms with Crippen molar-refractivity contribution in [3.05, 3.63) is 94.7 Å². The van der Waals surface area contributed by atoms with Crippen molar-refractivity contribution in [2.75, 3.05) is 13.1 Å². The molecule has 4 aromatic rings. The number of nitrogens with two attached hydrogens (primary N) is 1. The maximum Gasteiger partial charge on any atom is 0.272 e. The van der Waals surface area contributed by atoms with E-state index >= 15 is 0 Å². The van der Waals surface area contributed by atoms with Crippen LogP contribution in [0.4, 0.5) is 0 Å². The number of aryl methyl sites for hydroxylation is 2. The quantitative estimate of drug-likeness (QED) is 0.258. The highest BCUT2D eigenvalue weighted by molar-refractivity contribution is 6.30. The van der Waals surface area contributed by atoms with Gasteiger partial charge in [-0.25, -0.2) is 4.98 Å². The zero-order valence-corrected chi connectivity index (χ0v) is 23.4. The van der Waals surface area contributed by atoms with Crippen LogP contribution in [0.5, 0.6) is 0 Å². The summed E-state index contributed by atoms with van der Waals surface area (Å²) in [5.41, 5.74) is 10.3. The van der Waals surface area contributed by atoms with Crippen molar-refractivity contribution in [3.63, 3.8) is 0 Å². The van der Waals surface area contributed by atoms with Crippen LogP contribution in [0, 0.1) is 12.8 Å². The maximum atomic E-state index is 14.1. The molecule has 0 saturated heterocycles. The second kappa shape index (κ2) is 12.4. The molecule has 0 aliphatic carbocycles. The van der Waals surface area contributed by atoms with Crippen molar-refractivity contribution < 1.29 is 4.79 Å². The lowest BCUT2D eigenvalue weighted by molar-refractivity contribution is 0.0592. The first-order chi connectivity index (χ1) is 18.3. The molecule has 0 fully saturated rings. The lowest BCUT2D eigenvalue weighted by Gasteiger charge is -2.34. The van der Waals surface area contributed by atoms with Crippen LogP contribution in [0.25, 0.3) is 11.3 Å². The molecule has 0 bridgehead atoms. The third kappa shape index (κ3) is 6.17. The van der Waals surface area contributed by atoms with E-state index in [4.69, 9.17) is 22.3 Å². The fourth-order valence-electron chi connectivity index (χ4n) is 4.89. The molecule has 2 aromatic heterocycles. The predicted octanol–water partition coefficient (Wildman–Crippen LogP) is 5.96. The molecule has 0 radical (unpaired) electrons. The lowest BCUT2D eigenvalue weighted by atomic mass is 10.00. The van der Waals surface area contributed by atoms with Crippen molar-refractivity contribution in [3.8, 4) is 11.3 Å². The van der Waals surface area contributed by atoms with Gasteiger partial charge in [-0.05, 0) is 56.5 Å². The first kappa shape index (κ1) is 27.6. The van der Waals surface area contributed by atoms with Gasteiger partial charge < -0.3 is 15.2 Å². The van der Waals surface area contributed by atoms with Gasteiger partial charge in [0.1, 0.15) is 11.5 Å².